The highest BCUT2D eigenvalue weighted by molar-refractivity contribution is 5.92. The summed E-state index contributed by atoms with van der Waals surface area (Å²) in [6.07, 6.45) is 7.96. The van der Waals surface area contributed by atoms with Crippen LogP contribution in [0.1, 0.15) is 54.4 Å². The summed E-state index contributed by atoms with van der Waals surface area (Å²) in [7, 11) is 4.62. The molecule has 0 bridgehead atoms. The molecule has 0 unspecified atom stereocenters. The van der Waals surface area contributed by atoms with Crippen LogP contribution in [0.5, 0.6) is 5.75 Å². The van der Waals surface area contributed by atoms with Gasteiger partial charge in [0, 0.05) is 20.1 Å². The molecular weight excluding hydrogens is 358 g/mol. The standard InChI is InChI=1S/C21H33N3O4/c1-22-21(23-12-13-28-17-8-6-4-5-7-9-17)24-15-16-10-11-19(26-2)18(14-16)20(25)27-3/h10-11,14,17H,4-9,12-13,15H2,1-3H3,(H2,22,23,24). The van der Waals surface area contributed by atoms with E-state index in [0.717, 1.165) is 5.56 Å². The lowest BCUT2D eigenvalue weighted by molar-refractivity contribution is 0.0468. The molecule has 2 rings (SSSR count). The zero-order valence-corrected chi connectivity index (χ0v) is 17.3. The molecule has 1 aromatic carbocycles. The number of rotatable bonds is 8. The van der Waals surface area contributed by atoms with E-state index in [2.05, 4.69) is 15.6 Å². The lowest BCUT2D eigenvalue weighted by atomic mass is 10.1. The molecule has 1 aliphatic rings. The fourth-order valence-electron chi connectivity index (χ4n) is 3.34. The summed E-state index contributed by atoms with van der Waals surface area (Å²) in [5.41, 5.74) is 1.34. The molecule has 156 valence electrons. The molecule has 7 nitrogen and oxygen atoms in total. The van der Waals surface area contributed by atoms with Gasteiger partial charge in [0.15, 0.2) is 5.96 Å². The van der Waals surface area contributed by atoms with Gasteiger partial charge < -0.3 is 24.8 Å². The summed E-state index contributed by atoms with van der Waals surface area (Å²) < 4.78 is 16.0. The average molecular weight is 392 g/mol. The molecule has 1 saturated carbocycles. The highest BCUT2D eigenvalue weighted by Gasteiger charge is 2.14. The minimum absolute atomic E-state index is 0.398. The van der Waals surface area contributed by atoms with Crippen molar-refractivity contribution in [2.45, 2.75) is 51.2 Å². The maximum Gasteiger partial charge on any atom is 0.341 e. The number of hydrogen-bond acceptors (Lipinski definition) is 5. The topological polar surface area (TPSA) is 81.2 Å². The zero-order valence-electron chi connectivity index (χ0n) is 17.3. The smallest absolute Gasteiger partial charge is 0.341 e. The number of guanidine groups is 1. The van der Waals surface area contributed by atoms with Crippen molar-refractivity contribution < 1.29 is 19.0 Å². The average Bonchev–Trinajstić information content (AvgIpc) is 3.01. The largest absolute Gasteiger partial charge is 0.496 e. The SMILES string of the molecule is CN=C(NCCOC1CCCCCC1)NCc1ccc(OC)c(C(=O)OC)c1. The molecule has 28 heavy (non-hydrogen) atoms. The fraction of sp³-hybridized carbons (Fsp3) is 0.619. The van der Waals surface area contributed by atoms with Crippen LogP contribution >= 0.6 is 0 Å². The van der Waals surface area contributed by atoms with Gasteiger partial charge in [-0.1, -0.05) is 31.7 Å². The molecule has 0 atom stereocenters. The van der Waals surface area contributed by atoms with Gasteiger partial charge in [0.05, 0.1) is 26.9 Å². The van der Waals surface area contributed by atoms with E-state index in [-0.39, 0.29) is 0 Å². The molecule has 0 aliphatic heterocycles. The molecule has 0 heterocycles. The van der Waals surface area contributed by atoms with Crippen LogP contribution in [0.15, 0.2) is 23.2 Å². The molecule has 7 heteroatoms. The van der Waals surface area contributed by atoms with Crippen molar-refractivity contribution in [2.75, 3.05) is 34.4 Å². The quantitative estimate of drug-likeness (QED) is 0.233. The van der Waals surface area contributed by atoms with Crippen LogP contribution in [0, 0.1) is 0 Å². The van der Waals surface area contributed by atoms with E-state index in [1.54, 1.807) is 19.2 Å². The number of aliphatic imine (C=N–C) groups is 1. The van der Waals surface area contributed by atoms with Gasteiger partial charge >= 0.3 is 5.97 Å². The maximum atomic E-state index is 11.9. The molecule has 0 saturated heterocycles. The minimum atomic E-state index is -0.420. The first-order chi connectivity index (χ1) is 13.7. The summed E-state index contributed by atoms with van der Waals surface area (Å²) in [5, 5.41) is 6.51. The van der Waals surface area contributed by atoms with Crippen molar-refractivity contribution in [3.05, 3.63) is 29.3 Å². The third kappa shape index (κ3) is 7.03. The Bertz CT molecular complexity index is 641. The van der Waals surface area contributed by atoms with Crippen LogP contribution in [0.3, 0.4) is 0 Å². The Kier molecular flexibility index (Phi) is 9.62. The van der Waals surface area contributed by atoms with Gasteiger partial charge in [0.25, 0.3) is 0 Å². The fourth-order valence-corrected chi connectivity index (χ4v) is 3.34. The van der Waals surface area contributed by atoms with Gasteiger partial charge in [0.2, 0.25) is 0 Å². The lowest BCUT2D eigenvalue weighted by Gasteiger charge is -2.17. The van der Waals surface area contributed by atoms with Gasteiger partial charge in [-0.2, -0.15) is 0 Å². The normalized spacial score (nSPS) is 15.6. The van der Waals surface area contributed by atoms with Crippen molar-refractivity contribution in [1.82, 2.24) is 10.6 Å². The molecule has 0 spiro atoms. The summed E-state index contributed by atoms with van der Waals surface area (Å²) in [6.45, 7) is 1.89. The summed E-state index contributed by atoms with van der Waals surface area (Å²) >= 11 is 0. The van der Waals surface area contributed by atoms with E-state index in [0.29, 0.717) is 43.1 Å². The Hall–Kier alpha value is -2.28. The van der Waals surface area contributed by atoms with Gasteiger partial charge in [-0.15, -0.1) is 0 Å². The van der Waals surface area contributed by atoms with E-state index in [9.17, 15) is 4.79 Å². The Morgan fingerprint density at radius 2 is 1.89 bits per heavy atom. The summed E-state index contributed by atoms with van der Waals surface area (Å²) in [6, 6.07) is 5.43. The molecule has 0 amide bonds. The third-order valence-electron chi connectivity index (χ3n) is 4.90. The van der Waals surface area contributed by atoms with Crippen molar-refractivity contribution >= 4 is 11.9 Å². The van der Waals surface area contributed by atoms with E-state index in [1.807, 2.05) is 6.07 Å². The van der Waals surface area contributed by atoms with E-state index in [4.69, 9.17) is 14.2 Å². The minimum Gasteiger partial charge on any atom is -0.496 e. The van der Waals surface area contributed by atoms with Crippen molar-refractivity contribution in [3.8, 4) is 5.75 Å². The molecule has 2 N–H and O–H groups in total. The number of esters is 1. The summed E-state index contributed by atoms with van der Waals surface area (Å²) in [5.74, 6) is 0.769. The summed E-state index contributed by atoms with van der Waals surface area (Å²) in [4.78, 5) is 16.1. The van der Waals surface area contributed by atoms with E-state index in [1.165, 1.54) is 52.7 Å². The van der Waals surface area contributed by atoms with E-state index >= 15 is 0 Å². The van der Waals surface area contributed by atoms with Gasteiger partial charge in [0.1, 0.15) is 11.3 Å². The van der Waals surface area contributed by atoms with Gasteiger partial charge in [-0.3, -0.25) is 4.99 Å². The number of hydrogen-bond donors (Lipinski definition) is 2. The number of nitrogens with one attached hydrogen (secondary N) is 2. The predicted octanol–water partition coefficient (Wildman–Crippen LogP) is 2.89. The van der Waals surface area contributed by atoms with Crippen LogP contribution in [0.4, 0.5) is 0 Å². The Labute approximate surface area is 167 Å². The van der Waals surface area contributed by atoms with Crippen LogP contribution in [0.25, 0.3) is 0 Å². The first kappa shape index (κ1) is 22.0. The second-order valence-electron chi connectivity index (χ2n) is 6.86. The molecule has 0 radical (unpaired) electrons. The highest BCUT2D eigenvalue weighted by Crippen LogP contribution is 2.21. The Morgan fingerprint density at radius 3 is 2.54 bits per heavy atom. The number of carbonyl (C=O) groups excluding carboxylic acids is 1. The number of methoxy groups -OCH3 is 2. The zero-order chi connectivity index (χ0) is 20.2. The Balaban J connectivity index is 1.77. The second-order valence-corrected chi connectivity index (χ2v) is 6.86. The van der Waals surface area contributed by atoms with Crippen LogP contribution in [0.2, 0.25) is 0 Å². The number of benzene rings is 1. The molecule has 1 aromatic rings. The first-order valence-electron chi connectivity index (χ1n) is 9.99. The highest BCUT2D eigenvalue weighted by atomic mass is 16.5. The van der Waals surface area contributed by atoms with Crippen LogP contribution in [-0.2, 0) is 16.0 Å². The lowest BCUT2D eigenvalue weighted by Crippen LogP contribution is -2.39. The number of carbonyl (C=O) groups is 1. The van der Waals surface area contributed by atoms with Crippen LogP contribution in [-0.4, -0.2) is 52.5 Å². The number of nitrogens with zero attached hydrogens (tertiary/aromatic N) is 1. The molecule has 1 aliphatic carbocycles. The first-order valence-corrected chi connectivity index (χ1v) is 9.99. The molecule has 1 fully saturated rings. The third-order valence-corrected chi connectivity index (χ3v) is 4.90. The van der Waals surface area contributed by atoms with E-state index < -0.39 is 5.97 Å². The van der Waals surface area contributed by atoms with Gasteiger partial charge in [-0.05, 0) is 30.5 Å². The monoisotopic (exact) mass is 391 g/mol. The van der Waals surface area contributed by atoms with Crippen molar-refractivity contribution in [1.29, 1.82) is 0 Å². The van der Waals surface area contributed by atoms with Crippen molar-refractivity contribution in [3.63, 3.8) is 0 Å². The van der Waals surface area contributed by atoms with Gasteiger partial charge in [-0.25, -0.2) is 4.79 Å². The van der Waals surface area contributed by atoms with Crippen molar-refractivity contribution in [2.24, 2.45) is 4.99 Å². The molecule has 0 aromatic heterocycles. The second kappa shape index (κ2) is 12.2. The maximum absolute atomic E-state index is 11.9. The number of ether oxygens (including phenoxy) is 3. The van der Waals surface area contributed by atoms with Crippen LogP contribution < -0.4 is 15.4 Å². The predicted molar refractivity (Wildman–Crippen MR) is 110 cm³/mol. The Morgan fingerprint density at radius 1 is 1.14 bits per heavy atom. The molecular formula is C21H33N3O4.